The van der Waals surface area contributed by atoms with E-state index in [0.717, 1.165) is 6.54 Å². The van der Waals surface area contributed by atoms with Gasteiger partial charge in [-0.15, -0.1) is 0 Å². The molecule has 0 aliphatic carbocycles. The summed E-state index contributed by atoms with van der Waals surface area (Å²) in [6, 6.07) is 4.30. The van der Waals surface area contributed by atoms with Crippen molar-refractivity contribution in [1.29, 1.82) is 0 Å². The van der Waals surface area contributed by atoms with Gasteiger partial charge in [0.1, 0.15) is 5.82 Å². The van der Waals surface area contributed by atoms with E-state index in [1.54, 1.807) is 6.07 Å². The van der Waals surface area contributed by atoms with Crippen LogP contribution in [0.15, 0.2) is 18.2 Å². The Morgan fingerprint density at radius 2 is 2.26 bits per heavy atom. The molecule has 1 fully saturated rings. The number of primary amides is 1. The minimum atomic E-state index is -1.49. The number of amides is 1. The predicted molar refractivity (Wildman–Crippen MR) is 70.1 cm³/mol. The number of benzene rings is 1. The lowest BCUT2D eigenvalue weighted by Gasteiger charge is -2.37. The maximum atomic E-state index is 13.2. The zero-order valence-corrected chi connectivity index (χ0v) is 11.2. The number of β-amino-alcohol motifs (C(OH)–C–C–N with tert-alkyl or cyclic N) is 1. The average Bonchev–Trinajstić information content (AvgIpc) is 2.27. The summed E-state index contributed by atoms with van der Waals surface area (Å²) < 4.78 is 13.2. The molecule has 0 saturated carbocycles. The lowest BCUT2D eigenvalue weighted by molar-refractivity contribution is -0.142. The summed E-state index contributed by atoms with van der Waals surface area (Å²) in [5.41, 5.74) is 4.43. The van der Waals surface area contributed by atoms with Gasteiger partial charge in [-0.1, -0.05) is 11.6 Å². The van der Waals surface area contributed by atoms with Crippen LogP contribution in [0.4, 0.5) is 4.39 Å². The van der Waals surface area contributed by atoms with Gasteiger partial charge in [0.2, 0.25) is 0 Å². The van der Waals surface area contributed by atoms with E-state index in [4.69, 9.17) is 17.3 Å². The van der Waals surface area contributed by atoms with Crippen LogP contribution in [0.1, 0.15) is 18.4 Å². The number of hydrogen-bond donors (Lipinski definition) is 2. The van der Waals surface area contributed by atoms with Crippen LogP contribution in [0, 0.1) is 5.82 Å². The van der Waals surface area contributed by atoms with E-state index in [-0.39, 0.29) is 6.54 Å². The molecule has 19 heavy (non-hydrogen) atoms. The zero-order chi connectivity index (χ0) is 14.0. The molecule has 1 aliphatic heterocycles. The van der Waals surface area contributed by atoms with E-state index < -0.39 is 17.3 Å². The summed E-state index contributed by atoms with van der Waals surface area (Å²) in [6.07, 6.45) is 1.03. The maximum absolute atomic E-state index is 13.2. The number of hydrogen-bond acceptors (Lipinski definition) is 3. The molecule has 3 N–H and O–H groups in total. The Kier molecular flexibility index (Phi) is 4.08. The summed E-state index contributed by atoms with van der Waals surface area (Å²) in [5.74, 6) is -1.11. The van der Waals surface area contributed by atoms with E-state index in [2.05, 4.69) is 0 Å². The topological polar surface area (TPSA) is 66.6 Å². The van der Waals surface area contributed by atoms with E-state index in [9.17, 15) is 14.3 Å². The lowest BCUT2D eigenvalue weighted by atomic mass is 9.92. The molecule has 4 nitrogen and oxygen atoms in total. The second kappa shape index (κ2) is 5.45. The monoisotopic (exact) mass is 286 g/mol. The van der Waals surface area contributed by atoms with Gasteiger partial charge in [0.05, 0.1) is 0 Å². The number of nitrogens with two attached hydrogens (primary N) is 1. The standard InChI is InChI=1S/C13H16ClFN2O2/c14-10-4-9(5-11(15)6-10)7-17-3-1-2-13(19,8-17)12(16)18/h4-6,19H,1-3,7-8H2,(H2,16,18). The average molecular weight is 287 g/mol. The number of likely N-dealkylation sites (tertiary alicyclic amines) is 1. The smallest absolute Gasteiger partial charge is 0.250 e. The minimum absolute atomic E-state index is 0.163. The van der Waals surface area contributed by atoms with Crippen molar-refractivity contribution in [3.8, 4) is 0 Å². The van der Waals surface area contributed by atoms with Crippen molar-refractivity contribution < 1.29 is 14.3 Å². The van der Waals surface area contributed by atoms with Crippen LogP contribution in [-0.4, -0.2) is 34.6 Å². The van der Waals surface area contributed by atoms with Gasteiger partial charge in [-0.25, -0.2) is 4.39 Å². The Labute approximate surface area is 116 Å². The van der Waals surface area contributed by atoms with Gasteiger partial charge in [-0.3, -0.25) is 9.69 Å². The number of piperidine rings is 1. The molecule has 104 valence electrons. The SMILES string of the molecule is NC(=O)C1(O)CCCN(Cc2cc(F)cc(Cl)c2)C1. The zero-order valence-electron chi connectivity index (χ0n) is 10.4. The Balaban J connectivity index is 2.08. The van der Waals surface area contributed by atoms with Gasteiger partial charge in [0.15, 0.2) is 5.60 Å². The highest BCUT2D eigenvalue weighted by molar-refractivity contribution is 6.30. The highest BCUT2D eigenvalue weighted by Crippen LogP contribution is 2.23. The van der Waals surface area contributed by atoms with E-state index in [1.807, 2.05) is 4.90 Å². The molecule has 0 aromatic heterocycles. The van der Waals surface area contributed by atoms with E-state index in [0.29, 0.717) is 30.0 Å². The van der Waals surface area contributed by atoms with Crippen molar-refractivity contribution in [1.82, 2.24) is 4.90 Å². The van der Waals surface area contributed by atoms with E-state index >= 15 is 0 Å². The molecular formula is C13H16ClFN2O2. The van der Waals surface area contributed by atoms with Crippen LogP contribution >= 0.6 is 11.6 Å². The molecule has 1 amide bonds. The van der Waals surface area contributed by atoms with Gasteiger partial charge >= 0.3 is 0 Å². The second-order valence-corrected chi connectivity index (χ2v) is 5.42. The number of rotatable bonds is 3. The molecule has 1 aromatic rings. The molecule has 0 radical (unpaired) electrons. The fourth-order valence-electron chi connectivity index (χ4n) is 2.42. The first-order valence-corrected chi connectivity index (χ1v) is 6.46. The number of nitrogens with zero attached hydrogens (tertiary/aromatic N) is 1. The molecule has 0 bridgehead atoms. The number of halogens is 2. The lowest BCUT2D eigenvalue weighted by Crippen LogP contribution is -2.55. The van der Waals surface area contributed by atoms with Crippen LogP contribution < -0.4 is 5.73 Å². The first kappa shape index (κ1) is 14.2. The molecule has 1 aliphatic rings. The summed E-state index contributed by atoms with van der Waals surface area (Å²) in [4.78, 5) is 13.1. The van der Waals surface area contributed by atoms with Crippen LogP contribution in [0.5, 0.6) is 0 Å². The molecule has 1 saturated heterocycles. The fraction of sp³-hybridized carbons (Fsp3) is 0.462. The first-order chi connectivity index (χ1) is 8.89. The van der Waals surface area contributed by atoms with Crippen LogP contribution in [0.2, 0.25) is 5.02 Å². The first-order valence-electron chi connectivity index (χ1n) is 6.09. The number of aliphatic hydroxyl groups is 1. The molecule has 1 heterocycles. The summed E-state index contributed by atoms with van der Waals surface area (Å²) >= 11 is 5.79. The van der Waals surface area contributed by atoms with Crippen molar-refractivity contribution >= 4 is 17.5 Å². The van der Waals surface area contributed by atoms with Crippen molar-refractivity contribution in [2.45, 2.75) is 25.0 Å². The third kappa shape index (κ3) is 3.43. The molecule has 2 rings (SSSR count). The summed E-state index contributed by atoms with van der Waals surface area (Å²) in [7, 11) is 0. The Morgan fingerprint density at radius 1 is 1.53 bits per heavy atom. The number of carbonyl (C=O) groups excluding carboxylic acids is 1. The van der Waals surface area contributed by atoms with Crippen LogP contribution in [0.25, 0.3) is 0 Å². The van der Waals surface area contributed by atoms with Crippen LogP contribution in [0.3, 0.4) is 0 Å². The minimum Gasteiger partial charge on any atom is -0.379 e. The molecule has 6 heteroatoms. The highest BCUT2D eigenvalue weighted by atomic mass is 35.5. The quantitative estimate of drug-likeness (QED) is 0.880. The third-order valence-electron chi connectivity index (χ3n) is 3.34. The Bertz CT molecular complexity index is 477. The molecular weight excluding hydrogens is 271 g/mol. The highest BCUT2D eigenvalue weighted by Gasteiger charge is 2.38. The van der Waals surface area contributed by atoms with Crippen molar-refractivity contribution in [2.24, 2.45) is 5.73 Å². The molecule has 0 spiro atoms. The molecule has 1 unspecified atom stereocenters. The normalized spacial score (nSPS) is 24.4. The Hall–Kier alpha value is -1.17. The summed E-state index contributed by atoms with van der Waals surface area (Å²) in [5, 5.41) is 10.4. The molecule has 1 aromatic carbocycles. The molecule has 1 atom stereocenters. The maximum Gasteiger partial charge on any atom is 0.250 e. The van der Waals surface area contributed by atoms with Gasteiger partial charge in [-0.05, 0) is 43.1 Å². The van der Waals surface area contributed by atoms with Gasteiger partial charge < -0.3 is 10.8 Å². The van der Waals surface area contributed by atoms with E-state index in [1.165, 1.54) is 12.1 Å². The predicted octanol–water partition coefficient (Wildman–Crippen LogP) is 1.29. The van der Waals surface area contributed by atoms with Crippen LogP contribution in [-0.2, 0) is 11.3 Å². The summed E-state index contributed by atoms with van der Waals surface area (Å²) in [6.45, 7) is 1.31. The third-order valence-corrected chi connectivity index (χ3v) is 3.56. The van der Waals surface area contributed by atoms with Crippen molar-refractivity contribution in [3.63, 3.8) is 0 Å². The fourth-order valence-corrected chi connectivity index (χ4v) is 2.66. The van der Waals surface area contributed by atoms with Crippen molar-refractivity contribution in [2.75, 3.05) is 13.1 Å². The van der Waals surface area contributed by atoms with Gasteiger partial charge in [0.25, 0.3) is 5.91 Å². The second-order valence-electron chi connectivity index (χ2n) is 4.99. The van der Waals surface area contributed by atoms with Gasteiger partial charge in [0, 0.05) is 18.1 Å². The number of carbonyl (C=O) groups is 1. The largest absolute Gasteiger partial charge is 0.379 e. The van der Waals surface area contributed by atoms with Crippen molar-refractivity contribution in [3.05, 3.63) is 34.6 Å². The Morgan fingerprint density at radius 3 is 2.89 bits per heavy atom. The van der Waals surface area contributed by atoms with Gasteiger partial charge in [-0.2, -0.15) is 0 Å².